The molecule has 2 rings (SSSR count). The van der Waals surface area contributed by atoms with E-state index in [4.69, 9.17) is 9.15 Å². The zero-order valence-electron chi connectivity index (χ0n) is 11.8. The lowest BCUT2D eigenvalue weighted by molar-refractivity contribution is 0.412. The molecule has 0 saturated carbocycles. The third-order valence-corrected chi connectivity index (χ3v) is 3.21. The van der Waals surface area contributed by atoms with Crippen LogP contribution in [0.5, 0.6) is 5.75 Å². The topological polar surface area (TPSA) is 34.4 Å². The van der Waals surface area contributed by atoms with Crippen LogP contribution in [0.1, 0.15) is 24.7 Å². The number of ether oxygens (including phenoxy) is 1. The van der Waals surface area contributed by atoms with E-state index in [0.29, 0.717) is 6.04 Å². The molecule has 19 heavy (non-hydrogen) atoms. The third kappa shape index (κ3) is 3.78. The summed E-state index contributed by atoms with van der Waals surface area (Å²) in [5.74, 6) is 1.97. The molecule has 0 spiro atoms. The van der Waals surface area contributed by atoms with Crippen LogP contribution >= 0.6 is 0 Å². The first-order chi connectivity index (χ1) is 9.19. The minimum Gasteiger partial charge on any atom is -0.496 e. The summed E-state index contributed by atoms with van der Waals surface area (Å²) < 4.78 is 10.6. The Hall–Kier alpha value is -1.90. The fraction of sp³-hybridized carbons (Fsp3) is 0.375. The quantitative estimate of drug-likeness (QED) is 0.850. The molecule has 0 fully saturated rings. The van der Waals surface area contributed by atoms with E-state index in [1.165, 1.54) is 0 Å². The highest BCUT2D eigenvalue weighted by Gasteiger charge is 2.05. The molecule has 2 aromatic rings. The molecule has 3 nitrogen and oxygen atoms in total. The normalized spacial score (nSPS) is 12.2. The van der Waals surface area contributed by atoms with Crippen LogP contribution < -0.4 is 10.1 Å². The molecule has 0 aliphatic heterocycles. The zero-order valence-corrected chi connectivity index (χ0v) is 11.8. The van der Waals surface area contributed by atoms with Gasteiger partial charge in [-0.25, -0.2) is 0 Å². The van der Waals surface area contributed by atoms with Crippen molar-refractivity contribution in [3.63, 3.8) is 0 Å². The lowest BCUT2D eigenvalue weighted by Crippen LogP contribution is -2.15. The fourth-order valence-corrected chi connectivity index (χ4v) is 2.14. The van der Waals surface area contributed by atoms with Gasteiger partial charge in [0, 0.05) is 18.2 Å². The molecule has 3 heteroatoms. The molecule has 0 saturated heterocycles. The molecule has 0 radical (unpaired) electrons. The first-order valence-corrected chi connectivity index (χ1v) is 6.62. The van der Waals surface area contributed by atoms with Gasteiger partial charge >= 0.3 is 0 Å². The van der Waals surface area contributed by atoms with Crippen LogP contribution in [-0.4, -0.2) is 13.2 Å². The maximum Gasteiger partial charge on any atom is 0.121 e. The molecule has 1 N–H and O–H groups in total. The van der Waals surface area contributed by atoms with Crippen LogP contribution in [0, 0.1) is 6.92 Å². The van der Waals surface area contributed by atoms with E-state index in [1.807, 2.05) is 18.2 Å². The van der Waals surface area contributed by atoms with Crippen molar-refractivity contribution < 1.29 is 9.15 Å². The summed E-state index contributed by atoms with van der Waals surface area (Å²) in [4.78, 5) is 0. The molecule has 0 aliphatic carbocycles. The monoisotopic (exact) mass is 259 g/mol. The van der Waals surface area contributed by atoms with Crippen molar-refractivity contribution in [3.05, 3.63) is 47.9 Å². The Bertz CT molecular complexity index is 505. The second-order valence-corrected chi connectivity index (χ2v) is 4.85. The minimum absolute atomic E-state index is 0.401. The van der Waals surface area contributed by atoms with E-state index >= 15 is 0 Å². The van der Waals surface area contributed by atoms with Crippen molar-refractivity contribution >= 4 is 5.69 Å². The van der Waals surface area contributed by atoms with E-state index in [2.05, 4.69) is 31.3 Å². The smallest absolute Gasteiger partial charge is 0.121 e. The Kier molecular flexibility index (Phi) is 4.50. The molecular weight excluding hydrogens is 238 g/mol. The first-order valence-electron chi connectivity index (χ1n) is 6.62. The van der Waals surface area contributed by atoms with Gasteiger partial charge in [-0.3, -0.25) is 0 Å². The van der Waals surface area contributed by atoms with Crippen LogP contribution in [0.25, 0.3) is 0 Å². The Morgan fingerprint density at radius 3 is 2.79 bits per heavy atom. The second kappa shape index (κ2) is 6.32. The van der Waals surface area contributed by atoms with Crippen molar-refractivity contribution in [3.8, 4) is 5.75 Å². The fourth-order valence-electron chi connectivity index (χ4n) is 2.14. The van der Waals surface area contributed by atoms with Crippen molar-refractivity contribution in [2.24, 2.45) is 0 Å². The molecular formula is C16H21NO2. The third-order valence-electron chi connectivity index (χ3n) is 3.21. The maximum atomic E-state index is 5.34. The second-order valence-electron chi connectivity index (χ2n) is 4.85. The van der Waals surface area contributed by atoms with Gasteiger partial charge in [-0.1, -0.05) is 0 Å². The van der Waals surface area contributed by atoms with Gasteiger partial charge in [0.25, 0.3) is 0 Å². The zero-order chi connectivity index (χ0) is 13.7. The summed E-state index contributed by atoms with van der Waals surface area (Å²) >= 11 is 0. The maximum absolute atomic E-state index is 5.34. The average molecular weight is 259 g/mol. The summed E-state index contributed by atoms with van der Waals surface area (Å²) in [6, 6.07) is 10.5. The predicted molar refractivity (Wildman–Crippen MR) is 77.8 cm³/mol. The molecule has 0 aliphatic rings. The van der Waals surface area contributed by atoms with Gasteiger partial charge in [0.2, 0.25) is 0 Å². The van der Waals surface area contributed by atoms with Gasteiger partial charge in [-0.05, 0) is 56.2 Å². The summed E-state index contributed by atoms with van der Waals surface area (Å²) in [6.45, 7) is 4.24. The van der Waals surface area contributed by atoms with Crippen LogP contribution in [0.4, 0.5) is 5.69 Å². The number of aryl methyl sites for hydroxylation is 2. The van der Waals surface area contributed by atoms with Gasteiger partial charge in [0.05, 0.1) is 13.4 Å². The summed E-state index contributed by atoms with van der Waals surface area (Å²) in [5, 5.41) is 3.50. The highest BCUT2D eigenvalue weighted by Crippen LogP contribution is 2.22. The number of methoxy groups -OCH3 is 1. The number of nitrogens with one attached hydrogen (secondary N) is 1. The van der Waals surface area contributed by atoms with Crippen LogP contribution in [0.15, 0.2) is 41.0 Å². The SMILES string of the molecule is COc1ccc(NC(C)CCc2ccco2)cc1C. The minimum atomic E-state index is 0.401. The summed E-state index contributed by atoms with van der Waals surface area (Å²) in [6.07, 6.45) is 3.72. The Labute approximate surface area is 114 Å². The molecule has 1 unspecified atom stereocenters. The van der Waals surface area contributed by atoms with Crippen LogP contribution in [0.3, 0.4) is 0 Å². The number of rotatable bonds is 6. The average Bonchev–Trinajstić information content (AvgIpc) is 2.90. The van der Waals surface area contributed by atoms with Gasteiger partial charge in [-0.2, -0.15) is 0 Å². The number of benzene rings is 1. The highest BCUT2D eigenvalue weighted by atomic mass is 16.5. The molecule has 1 heterocycles. The van der Waals surface area contributed by atoms with Crippen molar-refractivity contribution in [1.29, 1.82) is 0 Å². The summed E-state index contributed by atoms with van der Waals surface area (Å²) in [5.41, 5.74) is 2.27. The summed E-state index contributed by atoms with van der Waals surface area (Å²) in [7, 11) is 1.70. The molecule has 1 aromatic carbocycles. The van der Waals surface area contributed by atoms with E-state index in [9.17, 15) is 0 Å². The lowest BCUT2D eigenvalue weighted by atomic mass is 10.1. The van der Waals surface area contributed by atoms with E-state index in [0.717, 1.165) is 35.6 Å². The van der Waals surface area contributed by atoms with Gasteiger partial charge in [-0.15, -0.1) is 0 Å². The highest BCUT2D eigenvalue weighted by molar-refractivity contribution is 5.51. The van der Waals surface area contributed by atoms with Gasteiger partial charge in [0.15, 0.2) is 0 Å². The predicted octanol–water partition coefficient (Wildman–Crippen LogP) is 4.03. The van der Waals surface area contributed by atoms with Gasteiger partial charge < -0.3 is 14.5 Å². The van der Waals surface area contributed by atoms with Crippen molar-refractivity contribution in [1.82, 2.24) is 0 Å². The Balaban J connectivity index is 1.88. The van der Waals surface area contributed by atoms with E-state index < -0.39 is 0 Å². The number of hydrogen-bond acceptors (Lipinski definition) is 3. The van der Waals surface area contributed by atoms with Crippen molar-refractivity contribution in [2.75, 3.05) is 12.4 Å². The van der Waals surface area contributed by atoms with Crippen LogP contribution in [-0.2, 0) is 6.42 Å². The lowest BCUT2D eigenvalue weighted by Gasteiger charge is -2.16. The first kappa shape index (κ1) is 13.5. The molecule has 1 aromatic heterocycles. The molecule has 0 amide bonds. The van der Waals surface area contributed by atoms with Crippen LogP contribution in [0.2, 0.25) is 0 Å². The molecule has 1 atom stereocenters. The number of anilines is 1. The van der Waals surface area contributed by atoms with Gasteiger partial charge in [0.1, 0.15) is 11.5 Å². The van der Waals surface area contributed by atoms with E-state index in [1.54, 1.807) is 13.4 Å². The Morgan fingerprint density at radius 1 is 1.32 bits per heavy atom. The Morgan fingerprint density at radius 2 is 2.16 bits per heavy atom. The number of hydrogen-bond donors (Lipinski definition) is 1. The largest absolute Gasteiger partial charge is 0.496 e. The molecule has 0 bridgehead atoms. The van der Waals surface area contributed by atoms with Crippen molar-refractivity contribution in [2.45, 2.75) is 32.7 Å². The van der Waals surface area contributed by atoms with E-state index in [-0.39, 0.29) is 0 Å². The standard InChI is InChI=1S/C16H21NO2/c1-12-11-14(7-9-16(12)18-3)17-13(2)6-8-15-5-4-10-19-15/h4-5,7,9-11,13,17H,6,8H2,1-3H3. The number of furan rings is 1. The molecule has 102 valence electrons.